The van der Waals surface area contributed by atoms with Crippen molar-refractivity contribution in [1.29, 1.82) is 0 Å². The van der Waals surface area contributed by atoms with Crippen molar-refractivity contribution in [1.82, 2.24) is 20.3 Å². The van der Waals surface area contributed by atoms with Gasteiger partial charge in [-0.05, 0) is 65.2 Å². The van der Waals surface area contributed by atoms with E-state index in [1.807, 2.05) is 19.1 Å². The van der Waals surface area contributed by atoms with E-state index in [4.69, 9.17) is 9.47 Å². The van der Waals surface area contributed by atoms with E-state index in [9.17, 15) is 32.7 Å². The highest BCUT2D eigenvalue weighted by Gasteiger charge is 2.62. The third-order valence-electron chi connectivity index (χ3n) is 8.52. The zero-order valence-electron chi connectivity index (χ0n) is 25.6. The van der Waals surface area contributed by atoms with Gasteiger partial charge in [-0.15, -0.1) is 0 Å². The van der Waals surface area contributed by atoms with Crippen LogP contribution in [0.1, 0.15) is 72.6 Å². The number of amides is 4. The minimum atomic E-state index is -3.86. The number of rotatable bonds is 6. The number of alkyl carbamates (subject to hydrolysis) is 1. The smallest absolute Gasteiger partial charge is 0.408 e. The second-order valence-electron chi connectivity index (χ2n) is 13.5. The Morgan fingerprint density at radius 3 is 2.51 bits per heavy atom. The lowest BCUT2D eigenvalue weighted by atomic mass is 9.87. The van der Waals surface area contributed by atoms with Gasteiger partial charge in [0, 0.05) is 31.9 Å². The summed E-state index contributed by atoms with van der Waals surface area (Å²) in [6, 6.07) is -2.26. The highest BCUT2D eigenvalue weighted by Crippen LogP contribution is 2.46. The lowest BCUT2D eigenvalue weighted by molar-refractivity contribution is -0.142. The molecule has 4 aliphatic rings. The van der Waals surface area contributed by atoms with E-state index in [1.165, 1.54) is 12.0 Å². The Hall–Kier alpha value is -2.71. The zero-order valence-corrected chi connectivity index (χ0v) is 26.4. The van der Waals surface area contributed by atoms with Crippen molar-refractivity contribution in [2.45, 2.75) is 107 Å². The molecule has 0 spiro atoms. The van der Waals surface area contributed by atoms with E-state index in [0.29, 0.717) is 25.7 Å². The maximum Gasteiger partial charge on any atom is 0.408 e. The number of carbonyl (C=O) groups excluding carboxylic acids is 4. The molecule has 1 unspecified atom stereocenters. The van der Waals surface area contributed by atoms with Crippen LogP contribution in [0.5, 0.6) is 0 Å². The highest BCUT2D eigenvalue weighted by molar-refractivity contribution is 7.91. The summed E-state index contributed by atoms with van der Waals surface area (Å²) in [6.07, 6.45) is 4.94. The molecule has 2 aliphatic carbocycles. The van der Waals surface area contributed by atoms with Crippen molar-refractivity contribution in [3.05, 3.63) is 12.2 Å². The molecular weight excluding hydrogens is 580 g/mol. The fourth-order valence-corrected chi connectivity index (χ4v) is 7.42. The van der Waals surface area contributed by atoms with E-state index in [2.05, 4.69) is 15.4 Å². The van der Waals surface area contributed by atoms with Gasteiger partial charge in [0.2, 0.25) is 21.8 Å². The monoisotopic (exact) mass is 626 g/mol. The molecule has 0 aromatic heterocycles. The lowest BCUT2D eigenvalue weighted by Crippen LogP contribution is -2.59. The number of allylic oxidation sites excluding steroid dienone is 1. The molecule has 0 aromatic carbocycles. The number of nitrogens with one attached hydrogen (secondary N) is 3. The first-order valence-corrected chi connectivity index (χ1v) is 16.6. The van der Waals surface area contributed by atoms with E-state index in [0.717, 1.165) is 6.42 Å². The first kappa shape index (κ1) is 33.2. The third-order valence-corrected chi connectivity index (χ3v) is 10.3. The molecule has 0 bridgehead atoms. The fraction of sp³-hybridized carbons (Fsp3) is 0.793. The molecule has 0 aromatic rings. The molecule has 2 heterocycles. The van der Waals surface area contributed by atoms with Gasteiger partial charge in [0.05, 0.1) is 18.0 Å². The predicted octanol–water partition coefficient (Wildman–Crippen LogP) is 0.964. The Morgan fingerprint density at radius 2 is 1.88 bits per heavy atom. The van der Waals surface area contributed by atoms with E-state index in [1.54, 1.807) is 20.8 Å². The van der Waals surface area contributed by atoms with Crippen LogP contribution in [0.2, 0.25) is 0 Å². The molecule has 4 N–H and O–H groups in total. The van der Waals surface area contributed by atoms with Gasteiger partial charge in [0.15, 0.2) is 0 Å². The molecule has 1 saturated heterocycles. The topological polar surface area (TPSA) is 180 Å². The normalized spacial score (nSPS) is 34.5. The van der Waals surface area contributed by atoms with Crippen LogP contribution >= 0.6 is 0 Å². The highest BCUT2D eigenvalue weighted by atomic mass is 32.2. The van der Waals surface area contributed by atoms with E-state index in [-0.39, 0.29) is 31.9 Å². The second-order valence-corrected chi connectivity index (χ2v) is 15.5. The summed E-state index contributed by atoms with van der Waals surface area (Å²) in [5.41, 5.74) is -2.31. The third kappa shape index (κ3) is 8.07. The maximum absolute atomic E-state index is 14.2. The minimum Gasteiger partial charge on any atom is -0.444 e. The average Bonchev–Trinajstić information content (AvgIpc) is 3.81. The van der Waals surface area contributed by atoms with E-state index < -0.39 is 80.3 Å². The zero-order chi connectivity index (χ0) is 31.7. The summed E-state index contributed by atoms with van der Waals surface area (Å²) < 4.78 is 38.2. The molecule has 0 radical (unpaired) electrons. The number of methoxy groups -OCH3 is 1. The van der Waals surface area contributed by atoms with Gasteiger partial charge in [-0.25, -0.2) is 13.2 Å². The largest absolute Gasteiger partial charge is 0.444 e. The summed E-state index contributed by atoms with van der Waals surface area (Å²) in [7, 11) is -2.35. The second kappa shape index (κ2) is 12.7. The number of sulfonamides is 1. The number of fused-ring (bicyclic) bond motifs is 2. The van der Waals surface area contributed by atoms with Gasteiger partial charge in [-0.2, -0.15) is 0 Å². The quantitative estimate of drug-likeness (QED) is 0.312. The number of hydrogen-bond acceptors (Lipinski definition) is 9. The summed E-state index contributed by atoms with van der Waals surface area (Å²) in [4.78, 5) is 55.4. The maximum atomic E-state index is 14.2. The van der Waals surface area contributed by atoms with Gasteiger partial charge < -0.3 is 30.1 Å². The Balaban J connectivity index is 1.66. The number of hydrogen-bond donors (Lipinski definition) is 4. The van der Waals surface area contributed by atoms with Crippen molar-refractivity contribution >= 4 is 33.8 Å². The van der Waals surface area contributed by atoms with Crippen molar-refractivity contribution in [3.63, 3.8) is 0 Å². The van der Waals surface area contributed by atoms with Crippen molar-refractivity contribution < 1.29 is 42.2 Å². The van der Waals surface area contributed by atoms with Gasteiger partial charge in [0.25, 0.3) is 5.91 Å². The summed E-state index contributed by atoms with van der Waals surface area (Å²) in [5, 5.41) is 15.4. The van der Waals surface area contributed by atoms with Gasteiger partial charge in [-0.1, -0.05) is 19.1 Å². The number of aliphatic hydroxyl groups excluding tert-OH is 1. The van der Waals surface area contributed by atoms with Crippen molar-refractivity contribution in [2.75, 3.05) is 20.3 Å². The van der Waals surface area contributed by atoms with E-state index >= 15 is 0 Å². The van der Waals surface area contributed by atoms with Gasteiger partial charge in [0.1, 0.15) is 23.2 Å². The fourth-order valence-electron chi connectivity index (χ4n) is 6.06. The number of nitrogens with zero attached hydrogens (tertiary/aromatic N) is 1. The lowest BCUT2D eigenvalue weighted by Gasteiger charge is -2.34. The Bertz CT molecular complexity index is 1230. The van der Waals surface area contributed by atoms with Crippen LogP contribution in [0, 0.1) is 17.8 Å². The number of aliphatic hydroxyl groups is 1. The van der Waals surface area contributed by atoms with Crippen LogP contribution in [-0.2, 0) is 33.9 Å². The molecular formula is C29H46N4O9S. The number of carbonyl (C=O) groups is 4. The molecule has 4 rings (SSSR count). The van der Waals surface area contributed by atoms with Crippen LogP contribution in [0.3, 0.4) is 0 Å². The molecule has 2 saturated carbocycles. The first-order valence-electron chi connectivity index (χ1n) is 15.1. The predicted molar refractivity (Wildman–Crippen MR) is 156 cm³/mol. The Labute approximate surface area is 253 Å². The minimum absolute atomic E-state index is 0.0827. The molecule has 242 valence electrons. The summed E-state index contributed by atoms with van der Waals surface area (Å²) >= 11 is 0. The van der Waals surface area contributed by atoms with Crippen LogP contribution in [-0.4, -0.2) is 97.1 Å². The first-order chi connectivity index (χ1) is 20.1. The van der Waals surface area contributed by atoms with Crippen LogP contribution < -0.4 is 15.4 Å². The molecule has 2 aliphatic heterocycles. The molecule has 4 amide bonds. The molecule has 7 atom stereocenters. The Morgan fingerprint density at radius 1 is 1.19 bits per heavy atom. The number of ether oxygens (including phenoxy) is 2. The standard InChI is InChI=1S/C29H46N4O9S/c1-17-8-6-7-9-19-14-29(19,26(37)32-43(39,40)21-10-11-21)31-24(35)22-13-20(34)15-33(22)25(36)23(18(12-17)16-41-5)30-27(38)42-28(2,3)4/h7,9,17-23,34H,6,8,10-16H2,1-5H3,(H,30,38)(H,31,35)(H,32,37)/b9-7-/t17?,18-,19+,20+,22-,23-,29+/m0/s1. The molecule has 14 heteroatoms. The Kier molecular flexibility index (Phi) is 9.82. The van der Waals surface area contributed by atoms with Crippen molar-refractivity contribution in [2.24, 2.45) is 17.8 Å². The summed E-state index contributed by atoms with van der Waals surface area (Å²) in [5.74, 6) is -2.84. The van der Waals surface area contributed by atoms with Crippen LogP contribution in [0.4, 0.5) is 4.79 Å². The van der Waals surface area contributed by atoms with Crippen LogP contribution in [0.25, 0.3) is 0 Å². The molecule has 3 fully saturated rings. The SMILES string of the molecule is COC[C@@H]1CC(C)CC/C=C\[C@@H]2C[C@@]2(C(=O)NS(=O)(=O)C2CC2)NC(=O)[C@@H]2C[C@@H](O)CN2C(=O)[C@H]1NC(=O)OC(C)(C)C. The molecule has 13 nitrogen and oxygen atoms in total. The van der Waals surface area contributed by atoms with Gasteiger partial charge in [-0.3, -0.25) is 19.1 Å². The summed E-state index contributed by atoms with van der Waals surface area (Å²) in [6.45, 7) is 7.15. The molecule has 43 heavy (non-hydrogen) atoms. The van der Waals surface area contributed by atoms with Gasteiger partial charge >= 0.3 is 6.09 Å². The average molecular weight is 627 g/mol. The van der Waals surface area contributed by atoms with Crippen molar-refractivity contribution in [3.8, 4) is 0 Å². The van der Waals surface area contributed by atoms with Crippen LogP contribution in [0.15, 0.2) is 12.2 Å².